The van der Waals surface area contributed by atoms with Gasteiger partial charge in [0.15, 0.2) is 11.4 Å². The van der Waals surface area contributed by atoms with E-state index in [1.54, 1.807) is 31.6 Å². The number of nitrogens with zero attached hydrogens (tertiary/aromatic N) is 3. The van der Waals surface area contributed by atoms with E-state index in [-0.39, 0.29) is 18.1 Å². The van der Waals surface area contributed by atoms with Gasteiger partial charge in [0.2, 0.25) is 0 Å². The van der Waals surface area contributed by atoms with Gasteiger partial charge in [-0.1, -0.05) is 0 Å². The first kappa shape index (κ1) is 13.1. The van der Waals surface area contributed by atoms with Crippen LogP contribution in [0.25, 0.3) is 0 Å². The van der Waals surface area contributed by atoms with Crippen LogP contribution in [-0.4, -0.2) is 25.6 Å². The lowest BCUT2D eigenvalue weighted by atomic mass is 10.3. The largest absolute Gasteiger partial charge is 0.485 e. The maximum absolute atomic E-state index is 11.1. The second-order valence-corrected chi connectivity index (χ2v) is 4.06. The van der Waals surface area contributed by atoms with Gasteiger partial charge < -0.3 is 14.4 Å². The molecule has 0 aliphatic heterocycles. The summed E-state index contributed by atoms with van der Waals surface area (Å²) >= 11 is 0. The number of hydrogen-bond acceptors (Lipinski definition) is 4. The first-order chi connectivity index (χ1) is 9.11. The van der Waals surface area contributed by atoms with Gasteiger partial charge in [0, 0.05) is 12.2 Å². The number of pyridine rings is 1. The molecule has 0 aromatic carbocycles. The standard InChI is InChI=1S/C13H15N3O3/c1-3-16-8-14-6-10(16)7-19-11-5-4-9(2)15-12(11)13(17)18/h4-6,8H,3,7H2,1-2H3,(H,17,18). The molecule has 0 aliphatic carbocycles. The average molecular weight is 261 g/mol. The van der Waals surface area contributed by atoms with Gasteiger partial charge in [-0.05, 0) is 26.0 Å². The average Bonchev–Trinajstić information content (AvgIpc) is 2.84. The summed E-state index contributed by atoms with van der Waals surface area (Å²) in [5, 5.41) is 9.09. The van der Waals surface area contributed by atoms with Crippen molar-refractivity contribution in [2.75, 3.05) is 0 Å². The Morgan fingerprint density at radius 2 is 2.26 bits per heavy atom. The third kappa shape index (κ3) is 2.90. The second-order valence-electron chi connectivity index (χ2n) is 4.06. The number of carboxylic acid groups (broad SMARTS) is 1. The third-order valence-electron chi connectivity index (χ3n) is 2.71. The van der Waals surface area contributed by atoms with E-state index in [4.69, 9.17) is 9.84 Å². The number of ether oxygens (including phenoxy) is 1. The van der Waals surface area contributed by atoms with E-state index >= 15 is 0 Å². The van der Waals surface area contributed by atoms with Crippen LogP contribution in [0.1, 0.15) is 28.8 Å². The fourth-order valence-corrected chi connectivity index (χ4v) is 1.72. The fourth-order valence-electron chi connectivity index (χ4n) is 1.72. The predicted molar refractivity (Wildman–Crippen MR) is 68.2 cm³/mol. The van der Waals surface area contributed by atoms with Crippen molar-refractivity contribution in [3.8, 4) is 5.75 Å². The molecule has 0 unspecified atom stereocenters. The molecular formula is C13H15N3O3. The Labute approximate surface area is 110 Å². The topological polar surface area (TPSA) is 77.2 Å². The summed E-state index contributed by atoms with van der Waals surface area (Å²) in [5.41, 5.74) is 1.46. The molecule has 2 aromatic rings. The number of carbonyl (C=O) groups is 1. The van der Waals surface area contributed by atoms with E-state index in [0.29, 0.717) is 5.69 Å². The quantitative estimate of drug-likeness (QED) is 0.889. The first-order valence-electron chi connectivity index (χ1n) is 5.94. The number of imidazole rings is 1. The van der Waals surface area contributed by atoms with Crippen molar-refractivity contribution in [3.63, 3.8) is 0 Å². The number of aromatic nitrogens is 3. The van der Waals surface area contributed by atoms with Crippen molar-refractivity contribution in [1.82, 2.24) is 14.5 Å². The van der Waals surface area contributed by atoms with Crippen LogP contribution < -0.4 is 4.74 Å². The Hall–Kier alpha value is -2.37. The molecule has 0 aliphatic rings. The van der Waals surface area contributed by atoms with Crippen molar-refractivity contribution in [2.45, 2.75) is 27.0 Å². The van der Waals surface area contributed by atoms with Crippen molar-refractivity contribution in [3.05, 3.63) is 41.7 Å². The number of carboxylic acids is 1. The molecule has 0 spiro atoms. The summed E-state index contributed by atoms with van der Waals surface area (Å²) in [5.74, 6) is -0.829. The molecule has 2 heterocycles. The molecule has 6 heteroatoms. The highest BCUT2D eigenvalue weighted by Gasteiger charge is 2.14. The van der Waals surface area contributed by atoms with Crippen LogP contribution in [0.5, 0.6) is 5.75 Å². The molecular weight excluding hydrogens is 246 g/mol. The zero-order valence-electron chi connectivity index (χ0n) is 10.8. The zero-order chi connectivity index (χ0) is 13.8. The maximum Gasteiger partial charge on any atom is 0.358 e. The molecule has 0 atom stereocenters. The molecule has 2 aromatic heterocycles. The van der Waals surface area contributed by atoms with Crippen LogP contribution in [0.15, 0.2) is 24.7 Å². The smallest absolute Gasteiger partial charge is 0.358 e. The molecule has 0 bridgehead atoms. The molecule has 0 amide bonds. The van der Waals surface area contributed by atoms with Gasteiger partial charge in [0.1, 0.15) is 6.61 Å². The second kappa shape index (κ2) is 5.51. The van der Waals surface area contributed by atoms with Crippen molar-refractivity contribution >= 4 is 5.97 Å². The molecule has 2 rings (SSSR count). The van der Waals surface area contributed by atoms with Gasteiger partial charge in [-0.15, -0.1) is 0 Å². The summed E-state index contributed by atoms with van der Waals surface area (Å²) in [4.78, 5) is 19.1. The summed E-state index contributed by atoms with van der Waals surface area (Å²) in [7, 11) is 0. The van der Waals surface area contributed by atoms with Gasteiger partial charge in [-0.2, -0.15) is 0 Å². The summed E-state index contributed by atoms with van der Waals surface area (Å²) in [6.45, 7) is 4.79. The number of rotatable bonds is 5. The molecule has 0 radical (unpaired) electrons. The number of hydrogen-bond donors (Lipinski definition) is 1. The van der Waals surface area contributed by atoms with E-state index in [2.05, 4.69) is 9.97 Å². The normalized spacial score (nSPS) is 10.4. The molecule has 100 valence electrons. The van der Waals surface area contributed by atoms with E-state index in [9.17, 15) is 4.79 Å². The Morgan fingerprint density at radius 1 is 1.47 bits per heavy atom. The van der Waals surface area contributed by atoms with Gasteiger partial charge >= 0.3 is 5.97 Å². The highest BCUT2D eigenvalue weighted by molar-refractivity contribution is 5.88. The minimum Gasteiger partial charge on any atom is -0.485 e. The van der Waals surface area contributed by atoms with Crippen LogP contribution >= 0.6 is 0 Å². The molecule has 6 nitrogen and oxygen atoms in total. The predicted octanol–water partition coefficient (Wildman–Crippen LogP) is 1.88. The highest BCUT2D eigenvalue weighted by atomic mass is 16.5. The van der Waals surface area contributed by atoms with Crippen molar-refractivity contribution < 1.29 is 14.6 Å². The maximum atomic E-state index is 11.1. The Balaban J connectivity index is 2.18. The van der Waals surface area contributed by atoms with Gasteiger partial charge in [0.25, 0.3) is 0 Å². The van der Waals surface area contributed by atoms with Crippen LogP contribution in [0.3, 0.4) is 0 Å². The summed E-state index contributed by atoms with van der Waals surface area (Å²) < 4.78 is 7.47. The SMILES string of the molecule is CCn1cncc1COc1ccc(C)nc1C(=O)O. The lowest BCUT2D eigenvalue weighted by Gasteiger charge is -2.10. The molecule has 19 heavy (non-hydrogen) atoms. The molecule has 0 saturated heterocycles. The molecule has 0 saturated carbocycles. The van der Waals surface area contributed by atoms with E-state index in [1.165, 1.54) is 0 Å². The van der Waals surface area contributed by atoms with E-state index in [1.807, 2.05) is 11.5 Å². The van der Waals surface area contributed by atoms with Gasteiger partial charge in [-0.3, -0.25) is 0 Å². The van der Waals surface area contributed by atoms with Crippen LogP contribution in [0.2, 0.25) is 0 Å². The van der Waals surface area contributed by atoms with Crippen LogP contribution in [0, 0.1) is 6.92 Å². The monoisotopic (exact) mass is 261 g/mol. The zero-order valence-corrected chi connectivity index (χ0v) is 10.8. The van der Waals surface area contributed by atoms with Crippen LogP contribution in [-0.2, 0) is 13.2 Å². The van der Waals surface area contributed by atoms with E-state index < -0.39 is 5.97 Å². The molecule has 1 N–H and O–H groups in total. The first-order valence-corrected chi connectivity index (χ1v) is 5.94. The van der Waals surface area contributed by atoms with Crippen molar-refractivity contribution in [2.24, 2.45) is 0 Å². The minimum atomic E-state index is -1.09. The lowest BCUT2D eigenvalue weighted by Crippen LogP contribution is -2.09. The minimum absolute atomic E-state index is 0.0671. The Kier molecular flexibility index (Phi) is 3.79. The lowest BCUT2D eigenvalue weighted by molar-refractivity contribution is 0.0684. The van der Waals surface area contributed by atoms with E-state index in [0.717, 1.165) is 12.2 Å². The summed E-state index contributed by atoms with van der Waals surface area (Å²) in [6.07, 6.45) is 3.41. The third-order valence-corrected chi connectivity index (χ3v) is 2.71. The Morgan fingerprint density at radius 3 is 2.95 bits per heavy atom. The van der Waals surface area contributed by atoms with Gasteiger partial charge in [0.05, 0.1) is 18.2 Å². The summed E-state index contributed by atoms with van der Waals surface area (Å²) in [6, 6.07) is 3.34. The fraction of sp³-hybridized carbons (Fsp3) is 0.308. The van der Waals surface area contributed by atoms with Crippen molar-refractivity contribution in [1.29, 1.82) is 0 Å². The number of aromatic carboxylic acids is 1. The Bertz CT molecular complexity index is 593. The van der Waals surface area contributed by atoms with Crippen LogP contribution in [0.4, 0.5) is 0 Å². The van der Waals surface area contributed by atoms with Gasteiger partial charge in [-0.25, -0.2) is 14.8 Å². The molecule has 0 fully saturated rings. The highest BCUT2D eigenvalue weighted by Crippen LogP contribution is 2.18. The number of aryl methyl sites for hydroxylation is 2.